The maximum atomic E-state index is 12.9. The molecule has 0 aliphatic carbocycles. The van der Waals surface area contributed by atoms with Gasteiger partial charge in [-0.1, -0.05) is 48.5 Å². The van der Waals surface area contributed by atoms with Gasteiger partial charge in [-0.3, -0.25) is 9.69 Å². The summed E-state index contributed by atoms with van der Waals surface area (Å²) in [5, 5.41) is 0. The first-order chi connectivity index (χ1) is 13.9. The van der Waals surface area contributed by atoms with E-state index >= 15 is 0 Å². The van der Waals surface area contributed by atoms with Gasteiger partial charge in [0.2, 0.25) is 15.9 Å². The maximum absolute atomic E-state index is 12.9. The Hall–Kier alpha value is -2.22. The molecule has 1 N–H and O–H groups in total. The van der Waals surface area contributed by atoms with Gasteiger partial charge in [0.1, 0.15) is 0 Å². The molecule has 1 aliphatic rings. The van der Waals surface area contributed by atoms with Crippen LogP contribution in [0.5, 0.6) is 0 Å². The van der Waals surface area contributed by atoms with Gasteiger partial charge in [0.15, 0.2) is 0 Å². The molecule has 1 heterocycles. The fraction of sp³-hybridized carbons (Fsp3) is 0.409. The summed E-state index contributed by atoms with van der Waals surface area (Å²) in [4.78, 5) is 16.4. The highest BCUT2D eigenvalue weighted by Gasteiger charge is 2.31. The van der Waals surface area contributed by atoms with Gasteiger partial charge in [-0.05, 0) is 37.4 Å². The summed E-state index contributed by atoms with van der Waals surface area (Å²) in [5.74, 6) is 0.125. The number of sulfonamides is 1. The molecule has 3 rings (SSSR count). The first kappa shape index (κ1) is 21.5. The van der Waals surface area contributed by atoms with Gasteiger partial charge in [-0.2, -0.15) is 0 Å². The third-order valence-electron chi connectivity index (χ3n) is 5.27. The molecular formula is C22H29N3O3S. The molecule has 2 aromatic rings. The van der Waals surface area contributed by atoms with Crippen LogP contribution >= 0.6 is 0 Å². The SMILES string of the molecule is CN(C)C(=O)C1CCCN1CCCNS(=O)(=O)c1ccccc1-c1ccccc1. The molecule has 7 heteroatoms. The Morgan fingerprint density at radius 1 is 1.10 bits per heavy atom. The van der Waals surface area contributed by atoms with E-state index in [1.165, 1.54) is 0 Å². The highest BCUT2D eigenvalue weighted by molar-refractivity contribution is 7.89. The number of hydrogen-bond acceptors (Lipinski definition) is 4. The molecule has 1 aliphatic heterocycles. The number of likely N-dealkylation sites (tertiary alicyclic amines) is 1. The smallest absolute Gasteiger partial charge is 0.241 e. The summed E-state index contributed by atoms with van der Waals surface area (Å²) in [6, 6.07) is 16.5. The normalized spacial score (nSPS) is 17.4. The maximum Gasteiger partial charge on any atom is 0.241 e. The molecule has 1 unspecified atom stereocenters. The summed E-state index contributed by atoms with van der Waals surface area (Å²) in [6.45, 7) is 1.92. The predicted molar refractivity (Wildman–Crippen MR) is 115 cm³/mol. The second kappa shape index (κ2) is 9.52. The van der Waals surface area contributed by atoms with Gasteiger partial charge in [0, 0.05) is 32.7 Å². The van der Waals surface area contributed by atoms with Crippen LogP contribution in [0.15, 0.2) is 59.5 Å². The minimum Gasteiger partial charge on any atom is -0.347 e. The number of hydrogen-bond donors (Lipinski definition) is 1. The van der Waals surface area contributed by atoms with Crippen molar-refractivity contribution in [1.29, 1.82) is 0 Å². The third kappa shape index (κ3) is 5.23. The van der Waals surface area contributed by atoms with Gasteiger partial charge >= 0.3 is 0 Å². The van der Waals surface area contributed by atoms with Gasteiger partial charge in [-0.25, -0.2) is 13.1 Å². The highest BCUT2D eigenvalue weighted by atomic mass is 32.2. The van der Waals surface area contributed by atoms with Crippen molar-refractivity contribution >= 4 is 15.9 Å². The van der Waals surface area contributed by atoms with E-state index in [2.05, 4.69) is 9.62 Å². The van der Waals surface area contributed by atoms with Crippen molar-refractivity contribution in [2.45, 2.75) is 30.2 Å². The number of benzene rings is 2. The lowest BCUT2D eigenvalue weighted by Gasteiger charge is -2.26. The Balaban J connectivity index is 1.61. The van der Waals surface area contributed by atoms with Crippen LogP contribution in [0, 0.1) is 0 Å². The number of nitrogens with zero attached hydrogens (tertiary/aromatic N) is 2. The zero-order chi connectivity index (χ0) is 20.9. The number of carbonyl (C=O) groups excluding carboxylic acids is 1. The Bertz CT molecular complexity index is 929. The first-order valence-corrected chi connectivity index (χ1v) is 11.5. The standard InChI is InChI=1S/C22H29N3O3S/c1-24(2)22(26)20-13-8-16-25(20)17-9-15-23-29(27,28)21-14-7-6-12-19(21)18-10-4-3-5-11-18/h3-7,10-12,14,20,23H,8-9,13,15-17H2,1-2H3. The molecule has 2 aromatic carbocycles. The van der Waals surface area contributed by atoms with Crippen LogP contribution in [-0.4, -0.2) is 63.9 Å². The van der Waals surface area contributed by atoms with E-state index < -0.39 is 10.0 Å². The van der Waals surface area contributed by atoms with Crippen molar-refractivity contribution in [3.8, 4) is 11.1 Å². The Kier molecular flexibility index (Phi) is 7.05. The summed E-state index contributed by atoms with van der Waals surface area (Å²) in [6.07, 6.45) is 2.53. The molecule has 1 saturated heterocycles. The fourth-order valence-corrected chi connectivity index (χ4v) is 5.10. The monoisotopic (exact) mass is 415 g/mol. The Morgan fingerprint density at radius 2 is 1.79 bits per heavy atom. The lowest BCUT2D eigenvalue weighted by Crippen LogP contribution is -2.43. The van der Waals surface area contributed by atoms with Crippen LogP contribution in [0.4, 0.5) is 0 Å². The number of rotatable bonds is 8. The summed E-state index contributed by atoms with van der Waals surface area (Å²) < 4.78 is 28.5. The number of likely N-dealkylation sites (N-methyl/N-ethyl adjacent to an activating group) is 1. The summed E-state index contributed by atoms with van der Waals surface area (Å²) in [7, 11) is -0.0719. The zero-order valence-electron chi connectivity index (χ0n) is 17.0. The molecule has 1 amide bonds. The fourth-order valence-electron chi connectivity index (χ4n) is 3.80. The quantitative estimate of drug-likeness (QED) is 0.673. The number of amides is 1. The molecule has 0 bridgehead atoms. The van der Waals surface area contributed by atoms with Crippen molar-refractivity contribution in [3.63, 3.8) is 0 Å². The third-order valence-corrected chi connectivity index (χ3v) is 6.78. The van der Waals surface area contributed by atoms with E-state index in [0.29, 0.717) is 25.1 Å². The van der Waals surface area contributed by atoms with Crippen LogP contribution < -0.4 is 4.72 Å². The van der Waals surface area contributed by atoms with Crippen LogP contribution in [0.25, 0.3) is 11.1 Å². The summed E-state index contributed by atoms with van der Waals surface area (Å²) >= 11 is 0. The minimum absolute atomic E-state index is 0.0830. The lowest BCUT2D eigenvalue weighted by molar-refractivity contribution is -0.133. The van der Waals surface area contributed by atoms with E-state index in [1.54, 1.807) is 31.1 Å². The topological polar surface area (TPSA) is 69.7 Å². The average molecular weight is 416 g/mol. The molecule has 29 heavy (non-hydrogen) atoms. The molecule has 0 spiro atoms. The van der Waals surface area contributed by atoms with E-state index in [1.807, 2.05) is 42.5 Å². The van der Waals surface area contributed by atoms with Crippen LogP contribution in [0.1, 0.15) is 19.3 Å². The highest BCUT2D eigenvalue weighted by Crippen LogP contribution is 2.27. The van der Waals surface area contributed by atoms with Gasteiger partial charge in [-0.15, -0.1) is 0 Å². The molecule has 0 aromatic heterocycles. The van der Waals surface area contributed by atoms with Crippen LogP contribution in [0.2, 0.25) is 0 Å². The van der Waals surface area contributed by atoms with E-state index in [-0.39, 0.29) is 16.8 Å². The van der Waals surface area contributed by atoms with Gasteiger partial charge < -0.3 is 4.90 Å². The van der Waals surface area contributed by atoms with Crippen molar-refractivity contribution in [2.75, 3.05) is 33.7 Å². The molecular weight excluding hydrogens is 386 g/mol. The van der Waals surface area contributed by atoms with Crippen molar-refractivity contribution in [2.24, 2.45) is 0 Å². The molecule has 1 atom stereocenters. The second-order valence-electron chi connectivity index (χ2n) is 7.54. The zero-order valence-corrected chi connectivity index (χ0v) is 17.9. The average Bonchev–Trinajstić information content (AvgIpc) is 3.19. The largest absolute Gasteiger partial charge is 0.347 e. The van der Waals surface area contributed by atoms with E-state index in [4.69, 9.17) is 0 Å². The van der Waals surface area contributed by atoms with Gasteiger partial charge in [0.25, 0.3) is 0 Å². The molecule has 0 saturated carbocycles. The first-order valence-electron chi connectivity index (χ1n) is 9.99. The predicted octanol–water partition coefficient (Wildman–Crippen LogP) is 2.57. The minimum atomic E-state index is -3.62. The van der Waals surface area contributed by atoms with Crippen molar-refractivity contribution in [3.05, 3.63) is 54.6 Å². The molecule has 6 nitrogen and oxygen atoms in total. The second-order valence-corrected chi connectivity index (χ2v) is 9.28. The molecule has 0 radical (unpaired) electrons. The Morgan fingerprint density at radius 3 is 2.52 bits per heavy atom. The lowest BCUT2D eigenvalue weighted by atomic mass is 10.1. The summed E-state index contributed by atoms with van der Waals surface area (Å²) in [5.41, 5.74) is 1.56. The van der Waals surface area contributed by atoms with E-state index in [9.17, 15) is 13.2 Å². The van der Waals surface area contributed by atoms with Crippen LogP contribution in [-0.2, 0) is 14.8 Å². The van der Waals surface area contributed by atoms with Crippen molar-refractivity contribution in [1.82, 2.24) is 14.5 Å². The van der Waals surface area contributed by atoms with Crippen molar-refractivity contribution < 1.29 is 13.2 Å². The van der Waals surface area contributed by atoms with Crippen LogP contribution in [0.3, 0.4) is 0 Å². The molecule has 156 valence electrons. The number of carbonyl (C=O) groups is 1. The number of nitrogens with one attached hydrogen (secondary N) is 1. The molecule has 1 fully saturated rings. The van der Waals surface area contributed by atoms with Gasteiger partial charge in [0.05, 0.1) is 10.9 Å². The Labute approximate surface area is 173 Å². The van der Waals surface area contributed by atoms with E-state index in [0.717, 1.165) is 24.9 Å².